The van der Waals surface area contributed by atoms with Crippen molar-refractivity contribution in [3.63, 3.8) is 0 Å². The Bertz CT molecular complexity index is 145. The molecule has 0 aliphatic heterocycles. The van der Waals surface area contributed by atoms with Crippen molar-refractivity contribution in [3.05, 3.63) is 0 Å². The van der Waals surface area contributed by atoms with Crippen LogP contribution in [0.3, 0.4) is 0 Å². The zero-order chi connectivity index (χ0) is 10.9. The molecule has 0 heterocycles. The Hall–Kier alpha value is -0.530. The molecular formula is C5H6F7N. The standard InChI is InChI=1S/C5H6F7N/c6-2(1-13)3(4(7,8)9)5(10,11)12/h2-3H,1,13H2. The monoisotopic (exact) mass is 213 g/mol. The Labute approximate surface area is 68.7 Å². The van der Waals surface area contributed by atoms with Crippen LogP contribution in [-0.4, -0.2) is 25.1 Å². The van der Waals surface area contributed by atoms with Gasteiger partial charge < -0.3 is 5.73 Å². The third-order valence-corrected chi connectivity index (χ3v) is 1.29. The van der Waals surface area contributed by atoms with Gasteiger partial charge in [-0.3, -0.25) is 0 Å². The van der Waals surface area contributed by atoms with Gasteiger partial charge in [0.15, 0.2) is 5.92 Å². The van der Waals surface area contributed by atoms with Gasteiger partial charge in [-0.15, -0.1) is 0 Å². The van der Waals surface area contributed by atoms with Gasteiger partial charge in [-0.25, -0.2) is 4.39 Å². The van der Waals surface area contributed by atoms with Crippen molar-refractivity contribution in [2.24, 2.45) is 11.7 Å². The van der Waals surface area contributed by atoms with Gasteiger partial charge in [0, 0.05) is 6.54 Å². The summed E-state index contributed by atoms with van der Waals surface area (Å²) in [6, 6.07) is 0. The van der Waals surface area contributed by atoms with Gasteiger partial charge in [0.05, 0.1) is 0 Å². The lowest BCUT2D eigenvalue weighted by Crippen LogP contribution is -2.45. The molecule has 13 heavy (non-hydrogen) atoms. The van der Waals surface area contributed by atoms with E-state index in [0.29, 0.717) is 0 Å². The second-order valence-electron chi connectivity index (χ2n) is 2.31. The fraction of sp³-hybridized carbons (Fsp3) is 1.00. The molecule has 0 aliphatic rings. The summed E-state index contributed by atoms with van der Waals surface area (Å²) in [6.07, 6.45) is -14.5. The molecule has 1 atom stereocenters. The van der Waals surface area contributed by atoms with Gasteiger partial charge in [-0.1, -0.05) is 0 Å². The number of hydrogen-bond acceptors (Lipinski definition) is 1. The van der Waals surface area contributed by atoms with E-state index in [4.69, 9.17) is 0 Å². The summed E-state index contributed by atoms with van der Waals surface area (Å²) in [5, 5.41) is 0. The third-order valence-electron chi connectivity index (χ3n) is 1.29. The van der Waals surface area contributed by atoms with Crippen molar-refractivity contribution in [3.8, 4) is 0 Å². The fourth-order valence-electron chi connectivity index (χ4n) is 0.732. The van der Waals surface area contributed by atoms with E-state index < -0.39 is 31.0 Å². The third kappa shape index (κ3) is 3.37. The molecule has 0 fully saturated rings. The normalized spacial score (nSPS) is 16.4. The van der Waals surface area contributed by atoms with Crippen LogP contribution >= 0.6 is 0 Å². The first-order valence-electron chi connectivity index (χ1n) is 3.08. The van der Waals surface area contributed by atoms with Gasteiger partial charge in [-0.05, 0) is 0 Å². The maximum Gasteiger partial charge on any atom is 0.403 e. The van der Waals surface area contributed by atoms with E-state index in [1.54, 1.807) is 0 Å². The van der Waals surface area contributed by atoms with Crippen LogP contribution in [0.4, 0.5) is 30.7 Å². The predicted molar refractivity (Wildman–Crippen MR) is 29.6 cm³/mol. The zero-order valence-electron chi connectivity index (χ0n) is 6.08. The molecule has 0 aromatic rings. The van der Waals surface area contributed by atoms with Crippen molar-refractivity contribution < 1.29 is 30.7 Å². The summed E-state index contributed by atoms with van der Waals surface area (Å²) in [6.45, 7) is -1.32. The van der Waals surface area contributed by atoms with E-state index in [1.807, 2.05) is 0 Å². The number of halogens is 7. The summed E-state index contributed by atoms with van der Waals surface area (Å²) in [5.74, 6) is -4.00. The topological polar surface area (TPSA) is 26.0 Å². The maximum atomic E-state index is 12.2. The van der Waals surface area contributed by atoms with Crippen molar-refractivity contribution in [1.82, 2.24) is 0 Å². The molecular weight excluding hydrogens is 207 g/mol. The van der Waals surface area contributed by atoms with E-state index >= 15 is 0 Å². The van der Waals surface area contributed by atoms with Gasteiger partial charge in [-0.2, -0.15) is 26.3 Å². The number of alkyl halides is 7. The Morgan fingerprint density at radius 1 is 0.923 bits per heavy atom. The molecule has 0 saturated carbocycles. The molecule has 1 unspecified atom stereocenters. The summed E-state index contributed by atoms with van der Waals surface area (Å²) in [5.41, 5.74) is 4.39. The number of rotatable bonds is 2. The van der Waals surface area contributed by atoms with Crippen molar-refractivity contribution >= 4 is 0 Å². The largest absolute Gasteiger partial charge is 0.403 e. The van der Waals surface area contributed by atoms with Crippen LogP contribution in [0.15, 0.2) is 0 Å². The summed E-state index contributed by atoms with van der Waals surface area (Å²) >= 11 is 0. The quantitative estimate of drug-likeness (QED) is 0.697. The molecule has 8 heteroatoms. The lowest BCUT2D eigenvalue weighted by molar-refractivity contribution is -0.298. The average Bonchev–Trinajstić information content (AvgIpc) is 1.80. The molecule has 2 N–H and O–H groups in total. The molecule has 0 amide bonds. The fourth-order valence-corrected chi connectivity index (χ4v) is 0.732. The minimum atomic E-state index is -5.66. The molecule has 0 aliphatic carbocycles. The highest BCUT2D eigenvalue weighted by atomic mass is 19.4. The lowest BCUT2D eigenvalue weighted by atomic mass is 10.0. The minimum Gasteiger partial charge on any atom is -0.328 e. The van der Waals surface area contributed by atoms with Crippen LogP contribution in [0.25, 0.3) is 0 Å². The summed E-state index contributed by atoms with van der Waals surface area (Å²) in [4.78, 5) is 0. The minimum absolute atomic E-state index is 1.32. The Morgan fingerprint density at radius 2 is 1.23 bits per heavy atom. The molecule has 0 rings (SSSR count). The highest BCUT2D eigenvalue weighted by Gasteiger charge is 2.60. The molecule has 0 saturated heterocycles. The van der Waals surface area contributed by atoms with Crippen LogP contribution in [-0.2, 0) is 0 Å². The lowest BCUT2D eigenvalue weighted by Gasteiger charge is -2.24. The Balaban J connectivity index is 4.78. The first-order valence-corrected chi connectivity index (χ1v) is 3.08. The van der Waals surface area contributed by atoms with E-state index in [2.05, 4.69) is 5.73 Å². The Morgan fingerprint density at radius 3 is 1.31 bits per heavy atom. The van der Waals surface area contributed by atoms with Crippen LogP contribution in [0, 0.1) is 5.92 Å². The molecule has 0 radical (unpaired) electrons. The first kappa shape index (κ1) is 12.5. The highest BCUT2D eigenvalue weighted by Crippen LogP contribution is 2.41. The zero-order valence-corrected chi connectivity index (χ0v) is 6.08. The number of nitrogens with two attached hydrogens (primary N) is 1. The van der Waals surface area contributed by atoms with Crippen molar-refractivity contribution in [2.75, 3.05) is 6.54 Å². The van der Waals surface area contributed by atoms with Gasteiger partial charge >= 0.3 is 12.4 Å². The molecule has 0 spiro atoms. The van der Waals surface area contributed by atoms with E-state index in [9.17, 15) is 30.7 Å². The Kier molecular flexibility index (Phi) is 3.54. The highest BCUT2D eigenvalue weighted by molar-refractivity contribution is 4.82. The molecule has 0 bridgehead atoms. The second kappa shape index (κ2) is 3.69. The van der Waals surface area contributed by atoms with Gasteiger partial charge in [0.25, 0.3) is 0 Å². The maximum absolute atomic E-state index is 12.2. The first-order chi connectivity index (χ1) is 5.60. The van der Waals surface area contributed by atoms with Crippen LogP contribution in [0.2, 0.25) is 0 Å². The molecule has 80 valence electrons. The van der Waals surface area contributed by atoms with Crippen molar-refractivity contribution in [1.29, 1.82) is 0 Å². The molecule has 1 nitrogen and oxygen atoms in total. The van der Waals surface area contributed by atoms with Gasteiger partial charge in [0.1, 0.15) is 6.17 Å². The smallest absolute Gasteiger partial charge is 0.328 e. The summed E-state index contributed by atoms with van der Waals surface area (Å²) in [7, 11) is 0. The van der Waals surface area contributed by atoms with E-state index in [-0.39, 0.29) is 0 Å². The SMILES string of the molecule is NCC(F)C(C(F)(F)F)C(F)(F)F. The van der Waals surface area contributed by atoms with Crippen LogP contribution in [0.5, 0.6) is 0 Å². The predicted octanol–water partition coefficient (Wildman–Crippen LogP) is 2.02. The molecule has 0 aromatic heterocycles. The number of hydrogen-bond donors (Lipinski definition) is 1. The second-order valence-corrected chi connectivity index (χ2v) is 2.31. The van der Waals surface area contributed by atoms with Crippen LogP contribution in [0.1, 0.15) is 0 Å². The summed E-state index contributed by atoms with van der Waals surface area (Å²) < 4.78 is 82.1. The van der Waals surface area contributed by atoms with Crippen LogP contribution < -0.4 is 5.73 Å². The van der Waals surface area contributed by atoms with E-state index in [1.165, 1.54) is 0 Å². The van der Waals surface area contributed by atoms with Crippen molar-refractivity contribution in [2.45, 2.75) is 18.5 Å². The van der Waals surface area contributed by atoms with Gasteiger partial charge in [0.2, 0.25) is 0 Å². The molecule has 0 aromatic carbocycles. The average molecular weight is 213 g/mol. The van der Waals surface area contributed by atoms with E-state index in [0.717, 1.165) is 0 Å².